The highest BCUT2D eigenvalue weighted by atomic mass is 79.9. The van der Waals surface area contributed by atoms with Crippen LogP contribution in [-0.4, -0.2) is 79.2 Å². The number of carbonyl (C=O) groups excluding carboxylic acids is 1. The number of imidazole rings is 1. The number of halogens is 1. The maximum Gasteiger partial charge on any atom is 0.277 e. The summed E-state index contributed by atoms with van der Waals surface area (Å²) in [5.74, 6) is 2.22. The molecule has 46 heavy (non-hydrogen) atoms. The van der Waals surface area contributed by atoms with E-state index in [2.05, 4.69) is 143 Å². The summed E-state index contributed by atoms with van der Waals surface area (Å²) in [6, 6.07) is 26.1. The van der Waals surface area contributed by atoms with Crippen LogP contribution in [-0.2, 0) is 11.3 Å². The Balaban J connectivity index is 0.00000480. The average Bonchev–Trinajstić information content (AvgIpc) is 3.38. The van der Waals surface area contributed by atoms with Crippen molar-refractivity contribution in [2.24, 2.45) is 11.8 Å². The van der Waals surface area contributed by atoms with Gasteiger partial charge in [-0.15, -0.1) is 0 Å². The Morgan fingerprint density at radius 3 is 1.89 bits per heavy atom. The molecule has 0 aliphatic heterocycles. The molecule has 0 aliphatic rings. The highest BCUT2D eigenvalue weighted by Crippen LogP contribution is 2.37. The van der Waals surface area contributed by atoms with Crippen molar-refractivity contribution in [2.75, 3.05) is 59.3 Å². The van der Waals surface area contributed by atoms with Crippen LogP contribution in [0.4, 0.5) is 5.69 Å². The van der Waals surface area contributed by atoms with Crippen molar-refractivity contribution >= 4 is 44.2 Å². The van der Waals surface area contributed by atoms with E-state index in [4.69, 9.17) is 4.98 Å². The first-order valence-electron chi connectivity index (χ1n) is 16.6. The number of amides is 1. The van der Waals surface area contributed by atoms with E-state index in [0.717, 1.165) is 55.9 Å². The van der Waals surface area contributed by atoms with E-state index in [1.54, 1.807) is 0 Å². The van der Waals surface area contributed by atoms with Gasteiger partial charge in [0.15, 0.2) is 6.54 Å². The molecule has 1 aromatic heterocycles. The molecule has 246 valence electrons. The number of likely N-dealkylation sites (N-methyl/N-ethyl adjacent to an activating group) is 1. The van der Waals surface area contributed by atoms with Gasteiger partial charge in [-0.2, -0.15) is 0 Å². The molecule has 0 aliphatic carbocycles. The van der Waals surface area contributed by atoms with Crippen molar-refractivity contribution in [1.29, 1.82) is 0 Å². The van der Waals surface area contributed by atoms with Crippen molar-refractivity contribution < 1.29 is 26.3 Å². The molecular formula is C39H52BrN5O. The van der Waals surface area contributed by atoms with Crippen LogP contribution in [0.5, 0.6) is 0 Å². The van der Waals surface area contributed by atoms with Crippen LogP contribution < -0.4 is 21.9 Å². The summed E-state index contributed by atoms with van der Waals surface area (Å²) < 4.78 is 3.15. The molecule has 1 heterocycles. The summed E-state index contributed by atoms with van der Waals surface area (Å²) >= 11 is 0. The normalized spacial score (nSPS) is 12.0. The molecule has 5 rings (SSSR count). The summed E-state index contributed by atoms with van der Waals surface area (Å²) in [4.78, 5) is 23.0. The molecule has 0 radical (unpaired) electrons. The molecule has 6 nitrogen and oxygen atoms in total. The molecular weight excluding hydrogens is 634 g/mol. The highest BCUT2D eigenvalue weighted by Gasteiger charge is 2.25. The standard InChI is InChI=1S/C39H52N5O.BrH/c1-28(2)25-42(26-29(3)4)36(45)27-44(7,8)24-14-13-23-43-38-35-18-12-10-16-33(35)32-15-9-11-17-34(32)37(38)40-39(43)30-19-21-31(22-20-30)41(5)6;/h9-12,15-22,28-29H,13-14,23-27H2,1-8H3;1H/q+1;/p-1. The number of carbonyl (C=O) groups is 1. The molecule has 0 saturated heterocycles. The van der Waals surface area contributed by atoms with E-state index >= 15 is 0 Å². The maximum absolute atomic E-state index is 13.4. The minimum atomic E-state index is 0. The summed E-state index contributed by atoms with van der Waals surface area (Å²) in [5, 5.41) is 4.94. The minimum absolute atomic E-state index is 0. The van der Waals surface area contributed by atoms with Crippen LogP contribution in [0.1, 0.15) is 40.5 Å². The molecule has 0 N–H and O–H groups in total. The maximum atomic E-state index is 13.4. The number of aromatic nitrogens is 2. The van der Waals surface area contributed by atoms with Gasteiger partial charge in [0.2, 0.25) is 0 Å². The van der Waals surface area contributed by atoms with Gasteiger partial charge in [-0.05, 0) is 59.7 Å². The van der Waals surface area contributed by atoms with Gasteiger partial charge in [0.1, 0.15) is 5.82 Å². The molecule has 7 heteroatoms. The van der Waals surface area contributed by atoms with Gasteiger partial charge in [-0.3, -0.25) is 4.79 Å². The first-order valence-corrected chi connectivity index (χ1v) is 16.6. The van der Waals surface area contributed by atoms with Crippen LogP contribution in [0.15, 0.2) is 72.8 Å². The van der Waals surface area contributed by atoms with Gasteiger partial charge in [0, 0.05) is 55.8 Å². The zero-order chi connectivity index (χ0) is 32.3. The molecule has 5 aromatic rings. The van der Waals surface area contributed by atoms with E-state index in [1.165, 1.54) is 32.7 Å². The average molecular weight is 687 g/mol. The Kier molecular flexibility index (Phi) is 11.5. The summed E-state index contributed by atoms with van der Waals surface area (Å²) in [6.07, 6.45) is 2.03. The number of rotatable bonds is 13. The van der Waals surface area contributed by atoms with E-state index in [1.807, 2.05) is 0 Å². The van der Waals surface area contributed by atoms with Gasteiger partial charge in [-0.1, -0.05) is 76.2 Å². The van der Waals surface area contributed by atoms with Crippen molar-refractivity contribution in [1.82, 2.24) is 14.5 Å². The van der Waals surface area contributed by atoms with Crippen LogP contribution in [0.25, 0.3) is 44.0 Å². The number of benzene rings is 4. The second kappa shape index (κ2) is 15.0. The summed E-state index contributed by atoms with van der Waals surface area (Å²) in [5.41, 5.74) is 4.57. The van der Waals surface area contributed by atoms with E-state index in [0.29, 0.717) is 22.9 Å². The number of quaternary nitrogens is 1. The molecule has 0 spiro atoms. The number of hydrogen-bond acceptors (Lipinski definition) is 3. The van der Waals surface area contributed by atoms with Crippen molar-refractivity contribution in [2.45, 2.75) is 47.1 Å². The van der Waals surface area contributed by atoms with Crippen LogP contribution >= 0.6 is 0 Å². The third-order valence-corrected chi connectivity index (χ3v) is 8.75. The van der Waals surface area contributed by atoms with E-state index < -0.39 is 0 Å². The molecule has 1 amide bonds. The first-order chi connectivity index (χ1) is 21.4. The third-order valence-electron chi connectivity index (χ3n) is 8.75. The first kappa shape index (κ1) is 35.4. The lowest BCUT2D eigenvalue weighted by atomic mass is 10.00. The fourth-order valence-corrected chi connectivity index (χ4v) is 6.62. The molecule has 0 saturated carbocycles. The summed E-state index contributed by atoms with van der Waals surface area (Å²) in [6.45, 7) is 12.8. The van der Waals surface area contributed by atoms with Gasteiger partial charge in [-0.25, -0.2) is 4.98 Å². The van der Waals surface area contributed by atoms with Crippen molar-refractivity contribution in [3.05, 3.63) is 72.8 Å². The zero-order valence-electron chi connectivity index (χ0n) is 29.1. The SMILES string of the molecule is CC(C)CN(CC(C)C)C(=O)C[N+](C)(C)CCCCn1c(-c2ccc(N(C)C)cc2)nc2c3ccccc3c3ccccc3c21.[Br-]. The molecule has 0 bridgehead atoms. The predicted molar refractivity (Wildman–Crippen MR) is 192 cm³/mol. The van der Waals surface area contributed by atoms with E-state index in [9.17, 15) is 4.79 Å². The number of fused-ring (bicyclic) bond motifs is 6. The third kappa shape index (κ3) is 7.92. The van der Waals surface area contributed by atoms with Gasteiger partial charge in [0.25, 0.3) is 5.91 Å². The molecule has 0 unspecified atom stereocenters. The number of aryl methyl sites for hydroxylation is 1. The number of anilines is 1. The lowest BCUT2D eigenvalue weighted by molar-refractivity contribution is -0.883. The lowest BCUT2D eigenvalue weighted by Crippen LogP contribution is -3.00. The fourth-order valence-electron chi connectivity index (χ4n) is 6.62. The lowest BCUT2D eigenvalue weighted by Gasteiger charge is -2.33. The fraction of sp³-hybridized carbons (Fsp3) is 0.436. The number of nitrogens with zero attached hydrogens (tertiary/aromatic N) is 5. The zero-order valence-corrected chi connectivity index (χ0v) is 30.6. The van der Waals surface area contributed by atoms with Gasteiger partial charge in [0.05, 0.1) is 31.7 Å². The predicted octanol–water partition coefficient (Wildman–Crippen LogP) is 5.08. The molecule has 0 atom stereocenters. The number of unbranched alkanes of at least 4 members (excludes halogenated alkanes) is 1. The Labute approximate surface area is 286 Å². The van der Waals surface area contributed by atoms with Crippen molar-refractivity contribution in [3.8, 4) is 11.4 Å². The van der Waals surface area contributed by atoms with Crippen LogP contribution in [0, 0.1) is 11.8 Å². The Hall–Kier alpha value is -3.42. The summed E-state index contributed by atoms with van der Waals surface area (Å²) in [7, 11) is 8.54. The largest absolute Gasteiger partial charge is 1.00 e. The smallest absolute Gasteiger partial charge is 0.277 e. The topological polar surface area (TPSA) is 41.4 Å². The van der Waals surface area contributed by atoms with Gasteiger partial charge >= 0.3 is 0 Å². The Bertz CT molecular complexity index is 1760. The second-order valence-electron chi connectivity index (χ2n) is 14.4. The number of hydrogen-bond donors (Lipinski definition) is 0. The molecule has 0 fully saturated rings. The minimum Gasteiger partial charge on any atom is -1.00 e. The second-order valence-corrected chi connectivity index (χ2v) is 14.4. The highest BCUT2D eigenvalue weighted by molar-refractivity contribution is 6.23. The monoisotopic (exact) mass is 685 g/mol. The Morgan fingerprint density at radius 1 is 0.783 bits per heavy atom. The van der Waals surface area contributed by atoms with Crippen molar-refractivity contribution in [3.63, 3.8) is 0 Å². The van der Waals surface area contributed by atoms with Crippen LogP contribution in [0.2, 0.25) is 0 Å². The molecule has 4 aromatic carbocycles. The quantitative estimate of drug-likeness (QED) is 0.0987. The van der Waals surface area contributed by atoms with Crippen LogP contribution in [0.3, 0.4) is 0 Å². The van der Waals surface area contributed by atoms with E-state index in [-0.39, 0.29) is 22.9 Å². The van der Waals surface area contributed by atoms with Gasteiger partial charge < -0.3 is 35.8 Å². The Morgan fingerprint density at radius 2 is 1.33 bits per heavy atom.